The van der Waals surface area contributed by atoms with E-state index in [9.17, 15) is 33.6 Å². The largest absolute Gasteiger partial charge is 0.382 e. The minimum absolute atomic E-state index is 0.0236. The number of carbonyl (C=O) groups excluding carboxylic acids is 7. The Kier molecular flexibility index (Phi) is 16.6. The first-order valence-electron chi connectivity index (χ1n) is 20.6. The first kappa shape index (κ1) is 47.0. The normalized spacial score (nSPS) is 13.7. The molecule has 0 aliphatic carbocycles. The fourth-order valence-corrected chi connectivity index (χ4v) is 7.19. The maximum atomic E-state index is 13.1. The summed E-state index contributed by atoms with van der Waals surface area (Å²) in [4.78, 5) is 106. The lowest BCUT2D eigenvalue weighted by molar-refractivity contribution is -0.137. The molecule has 20 nitrogen and oxygen atoms in total. The molecular formula is C42H53N13O7S. The second-order valence-corrected chi connectivity index (χ2v) is 16.4. The Balaban J connectivity index is 0.957. The summed E-state index contributed by atoms with van der Waals surface area (Å²) < 4.78 is 0. The van der Waals surface area contributed by atoms with E-state index in [0.29, 0.717) is 77.5 Å². The average molecular weight is 884 g/mol. The fraction of sp³-hybridized carbons (Fsp3) is 0.405. The minimum atomic E-state index is -0.944. The molecule has 10 N–H and O–H groups in total. The SMILES string of the molecule is CC(C)[C@H](NC(=O)CCCCCN1C(=O)C=CC1=O)C(=O)N[C@@H](C)C(=O)Nc1ccc(C(=O)NCCC[C@@H](C)NC(=O)c2ccc(NCc3cnc4nc(N)nc(N)c4n3)cc2)s1. The van der Waals surface area contributed by atoms with Crippen LogP contribution in [0.15, 0.2) is 54.7 Å². The van der Waals surface area contributed by atoms with Crippen LogP contribution >= 0.6 is 11.3 Å². The standard InChI is InChI=1S/C42H53N13O7S/c1-23(2)34(51-30(56)10-6-5-7-20-55-32(57)17-18-33(55)58)41(62)49-25(4)38(59)52-31-16-15-29(63-31)40(61)45-19-8-9-24(3)48-39(60)26-11-13-27(14-12-26)46-21-28-22-47-37-35(50-28)36(43)53-42(44)54-37/h11-18,22-25,34,46H,5-10,19-21H2,1-4H3,(H,45,61)(H,48,60)(H,49,62)(H,51,56)(H,52,59)(H4,43,44,47,53,54)/t24-,25+,34+/m1/s1. The molecule has 63 heavy (non-hydrogen) atoms. The van der Waals surface area contributed by atoms with E-state index in [1.807, 2.05) is 6.92 Å². The molecule has 3 aromatic heterocycles. The van der Waals surface area contributed by atoms with Gasteiger partial charge in [-0.2, -0.15) is 9.97 Å². The van der Waals surface area contributed by atoms with Crippen LogP contribution in [0.5, 0.6) is 0 Å². The van der Waals surface area contributed by atoms with E-state index in [4.69, 9.17) is 11.5 Å². The Hall–Kier alpha value is -7.03. The third kappa shape index (κ3) is 13.7. The molecule has 1 aromatic carbocycles. The van der Waals surface area contributed by atoms with Crippen molar-refractivity contribution in [2.24, 2.45) is 5.92 Å². The number of hydrogen-bond donors (Lipinski definition) is 8. The Morgan fingerprint density at radius 2 is 1.52 bits per heavy atom. The van der Waals surface area contributed by atoms with Crippen LogP contribution in [0.3, 0.4) is 0 Å². The van der Waals surface area contributed by atoms with E-state index in [2.05, 4.69) is 51.8 Å². The number of aromatic nitrogens is 4. The van der Waals surface area contributed by atoms with E-state index >= 15 is 0 Å². The lowest BCUT2D eigenvalue weighted by Gasteiger charge is -2.23. The lowest BCUT2D eigenvalue weighted by Crippen LogP contribution is -2.53. The van der Waals surface area contributed by atoms with Crippen LogP contribution in [0.25, 0.3) is 11.2 Å². The number of nitrogens with zero attached hydrogens (tertiary/aromatic N) is 5. The Morgan fingerprint density at radius 1 is 0.794 bits per heavy atom. The second-order valence-electron chi connectivity index (χ2n) is 15.3. The van der Waals surface area contributed by atoms with Gasteiger partial charge in [0.05, 0.1) is 28.3 Å². The summed E-state index contributed by atoms with van der Waals surface area (Å²) in [5.41, 5.74) is 14.1. The molecule has 0 saturated heterocycles. The van der Waals surface area contributed by atoms with Gasteiger partial charge in [-0.15, -0.1) is 11.3 Å². The number of imide groups is 1. The van der Waals surface area contributed by atoms with Crippen molar-refractivity contribution in [3.05, 3.63) is 70.9 Å². The molecule has 3 atom stereocenters. The van der Waals surface area contributed by atoms with Crippen molar-refractivity contribution < 1.29 is 33.6 Å². The van der Waals surface area contributed by atoms with Gasteiger partial charge in [-0.05, 0) is 81.8 Å². The van der Waals surface area contributed by atoms with Crippen molar-refractivity contribution in [1.82, 2.24) is 46.1 Å². The monoisotopic (exact) mass is 883 g/mol. The number of amides is 7. The highest BCUT2D eigenvalue weighted by molar-refractivity contribution is 7.18. The zero-order valence-corrected chi connectivity index (χ0v) is 36.3. The number of anilines is 4. The Morgan fingerprint density at radius 3 is 2.24 bits per heavy atom. The quantitative estimate of drug-likeness (QED) is 0.0416. The number of carbonyl (C=O) groups is 7. The van der Waals surface area contributed by atoms with Gasteiger partial charge in [0, 0.05) is 49.0 Å². The molecule has 7 amide bonds. The number of fused-ring (bicyclic) bond motifs is 1. The first-order valence-corrected chi connectivity index (χ1v) is 21.4. The third-order valence-corrected chi connectivity index (χ3v) is 10.9. The van der Waals surface area contributed by atoms with Crippen molar-refractivity contribution in [3.63, 3.8) is 0 Å². The van der Waals surface area contributed by atoms with Gasteiger partial charge in [0.25, 0.3) is 23.6 Å². The van der Waals surface area contributed by atoms with Crippen LogP contribution in [0, 0.1) is 5.92 Å². The molecular weight excluding hydrogens is 831 g/mol. The van der Waals surface area contributed by atoms with Crippen LogP contribution < -0.4 is 43.4 Å². The number of nitrogens with one attached hydrogen (secondary N) is 6. The van der Waals surface area contributed by atoms with Crippen LogP contribution in [-0.2, 0) is 30.5 Å². The van der Waals surface area contributed by atoms with Crippen molar-refractivity contribution in [1.29, 1.82) is 0 Å². The van der Waals surface area contributed by atoms with Gasteiger partial charge in [-0.1, -0.05) is 20.3 Å². The highest BCUT2D eigenvalue weighted by Crippen LogP contribution is 2.22. The Bertz CT molecular complexity index is 2330. The maximum absolute atomic E-state index is 13.1. The highest BCUT2D eigenvalue weighted by Gasteiger charge is 2.28. The zero-order chi connectivity index (χ0) is 45.6. The summed E-state index contributed by atoms with van der Waals surface area (Å²) in [6, 6.07) is 8.21. The average Bonchev–Trinajstić information content (AvgIpc) is 3.85. The van der Waals surface area contributed by atoms with Crippen molar-refractivity contribution in [3.8, 4) is 0 Å². The van der Waals surface area contributed by atoms with Gasteiger partial charge < -0.3 is 43.4 Å². The summed E-state index contributed by atoms with van der Waals surface area (Å²) in [6.07, 6.45) is 7.09. The van der Waals surface area contributed by atoms with E-state index in [-0.39, 0.29) is 66.2 Å². The number of benzene rings is 1. The number of nitrogen functional groups attached to an aromatic ring is 2. The van der Waals surface area contributed by atoms with E-state index < -0.39 is 23.9 Å². The second kappa shape index (κ2) is 22.2. The molecule has 21 heteroatoms. The summed E-state index contributed by atoms with van der Waals surface area (Å²) in [5, 5.41) is 17.6. The van der Waals surface area contributed by atoms with E-state index in [0.717, 1.165) is 21.9 Å². The molecule has 0 bridgehead atoms. The first-order chi connectivity index (χ1) is 30.1. The van der Waals surface area contributed by atoms with Crippen LogP contribution in [-0.4, -0.2) is 97.4 Å². The minimum Gasteiger partial charge on any atom is -0.382 e. The third-order valence-electron chi connectivity index (χ3n) is 9.88. The topological polar surface area (TPSA) is 299 Å². The molecule has 5 rings (SSSR count). The van der Waals surface area contributed by atoms with Crippen LogP contribution in [0.4, 0.5) is 22.5 Å². The van der Waals surface area contributed by atoms with E-state index in [1.54, 1.807) is 56.4 Å². The molecule has 0 unspecified atom stereocenters. The molecule has 1 aliphatic rings. The smallest absolute Gasteiger partial charge is 0.261 e. The number of hydrogen-bond acceptors (Lipinski definition) is 15. The molecule has 0 spiro atoms. The van der Waals surface area contributed by atoms with Crippen LogP contribution in [0.2, 0.25) is 0 Å². The lowest BCUT2D eigenvalue weighted by atomic mass is 10.0. The van der Waals surface area contributed by atoms with Gasteiger partial charge in [0.2, 0.25) is 23.7 Å². The summed E-state index contributed by atoms with van der Waals surface area (Å²) in [7, 11) is 0. The predicted octanol–water partition coefficient (Wildman–Crippen LogP) is 2.66. The molecule has 0 radical (unpaired) electrons. The van der Waals surface area contributed by atoms with Gasteiger partial charge in [0.1, 0.15) is 12.1 Å². The van der Waals surface area contributed by atoms with Crippen molar-refractivity contribution >= 4 is 86.3 Å². The molecule has 334 valence electrons. The van der Waals surface area contributed by atoms with Crippen LogP contribution in [0.1, 0.15) is 91.9 Å². The number of thiophene rings is 1. The molecule has 4 heterocycles. The summed E-state index contributed by atoms with van der Waals surface area (Å²) in [6.45, 7) is 7.97. The van der Waals surface area contributed by atoms with Gasteiger partial charge >= 0.3 is 0 Å². The number of nitrogens with two attached hydrogens (primary N) is 2. The molecule has 1 aliphatic heterocycles. The molecule has 4 aromatic rings. The zero-order valence-electron chi connectivity index (χ0n) is 35.5. The van der Waals surface area contributed by atoms with E-state index in [1.165, 1.54) is 19.1 Å². The summed E-state index contributed by atoms with van der Waals surface area (Å²) in [5.74, 6) is -2.65. The fourth-order valence-electron chi connectivity index (χ4n) is 6.37. The highest BCUT2D eigenvalue weighted by atomic mass is 32.1. The van der Waals surface area contributed by atoms with Gasteiger partial charge in [-0.25, -0.2) is 9.97 Å². The summed E-state index contributed by atoms with van der Waals surface area (Å²) >= 11 is 1.08. The molecule has 0 saturated carbocycles. The van der Waals surface area contributed by atoms with Crippen molar-refractivity contribution in [2.75, 3.05) is 35.2 Å². The van der Waals surface area contributed by atoms with Gasteiger partial charge in [-0.3, -0.25) is 38.5 Å². The van der Waals surface area contributed by atoms with Gasteiger partial charge in [0.15, 0.2) is 17.0 Å². The van der Waals surface area contributed by atoms with Crippen molar-refractivity contribution in [2.45, 2.75) is 90.9 Å². The number of rotatable bonds is 22. The molecule has 0 fully saturated rings. The Labute approximate surface area is 367 Å². The predicted molar refractivity (Wildman–Crippen MR) is 238 cm³/mol. The maximum Gasteiger partial charge on any atom is 0.261 e. The number of unbranched alkanes of at least 4 members (excludes halogenated alkanes) is 2.